The molecule has 0 aromatic heterocycles. The van der Waals surface area contributed by atoms with E-state index < -0.39 is 23.0 Å². The molecule has 0 saturated heterocycles. The number of ether oxygens (including phenoxy) is 1. The van der Waals surface area contributed by atoms with Gasteiger partial charge in [0, 0.05) is 17.9 Å². The van der Waals surface area contributed by atoms with Crippen LogP contribution in [-0.2, 0) is 14.3 Å². The number of rotatable bonds is 9. The normalized spacial score (nSPS) is 16.7. The summed E-state index contributed by atoms with van der Waals surface area (Å²) in [6, 6.07) is 16.3. The zero-order valence-corrected chi connectivity index (χ0v) is 19.9. The average Bonchev–Trinajstić information content (AvgIpc) is 3.61. The topological polar surface area (TPSA) is 105 Å². The van der Waals surface area contributed by atoms with Gasteiger partial charge in [-0.15, -0.1) is 0 Å². The number of aliphatic carboxylic acids is 1. The van der Waals surface area contributed by atoms with Crippen molar-refractivity contribution < 1.29 is 24.2 Å². The van der Waals surface area contributed by atoms with Crippen molar-refractivity contribution in [1.82, 2.24) is 10.6 Å². The van der Waals surface area contributed by atoms with Gasteiger partial charge in [-0.1, -0.05) is 62.4 Å². The standard InChI is InChI=1S/C27H32N2O5/c1-26(2,23(30)29-27(3,24(31)32)17-12-13-17)14-15-28-25(33)34-16-22-20-10-6-4-8-18(20)19-9-5-7-11-21(19)22/h4-11,17,22H,12-16H2,1-3H3,(H,28,33)(H,29,30)(H,31,32). The maximum Gasteiger partial charge on any atom is 0.407 e. The van der Waals surface area contributed by atoms with E-state index in [0.29, 0.717) is 6.42 Å². The van der Waals surface area contributed by atoms with Crippen LogP contribution in [0.5, 0.6) is 0 Å². The molecule has 2 amide bonds. The van der Waals surface area contributed by atoms with Crippen LogP contribution in [0.2, 0.25) is 0 Å². The highest BCUT2D eigenvalue weighted by atomic mass is 16.5. The molecule has 2 aromatic carbocycles. The van der Waals surface area contributed by atoms with Crippen LogP contribution in [0.4, 0.5) is 4.79 Å². The van der Waals surface area contributed by atoms with Crippen LogP contribution in [0.25, 0.3) is 11.1 Å². The Morgan fingerprint density at radius 2 is 1.53 bits per heavy atom. The van der Waals surface area contributed by atoms with Gasteiger partial charge in [-0.2, -0.15) is 0 Å². The molecule has 0 aliphatic heterocycles. The number of carbonyl (C=O) groups is 3. The SMILES string of the molecule is CC(C)(CCNC(=O)OCC1c2ccccc2-c2ccccc21)C(=O)NC(C)(C(=O)O)C1CC1. The number of hydrogen-bond donors (Lipinski definition) is 3. The highest BCUT2D eigenvalue weighted by Gasteiger charge is 2.49. The quantitative estimate of drug-likeness (QED) is 0.513. The van der Waals surface area contributed by atoms with Gasteiger partial charge in [-0.05, 0) is 54.4 Å². The summed E-state index contributed by atoms with van der Waals surface area (Å²) >= 11 is 0. The van der Waals surface area contributed by atoms with Crippen molar-refractivity contribution in [1.29, 1.82) is 0 Å². The zero-order chi connectivity index (χ0) is 24.5. The Hall–Kier alpha value is -3.35. The minimum absolute atomic E-state index is 0.0171. The summed E-state index contributed by atoms with van der Waals surface area (Å²) in [6.45, 7) is 5.52. The number of carbonyl (C=O) groups excluding carboxylic acids is 2. The second-order valence-corrected chi connectivity index (χ2v) is 10.1. The van der Waals surface area contributed by atoms with Crippen molar-refractivity contribution in [2.45, 2.75) is 51.5 Å². The molecule has 3 N–H and O–H groups in total. The van der Waals surface area contributed by atoms with E-state index in [1.807, 2.05) is 24.3 Å². The molecular weight excluding hydrogens is 432 g/mol. The molecule has 7 heteroatoms. The van der Waals surface area contributed by atoms with Crippen LogP contribution in [0, 0.1) is 11.3 Å². The van der Waals surface area contributed by atoms with E-state index in [9.17, 15) is 19.5 Å². The highest BCUT2D eigenvalue weighted by molar-refractivity contribution is 5.90. The Balaban J connectivity index is 1.28. The van der Waals surface area contributed by atoms with Gasteiger partial charge in [0.2, 0.25) is 5.91 Å². The van der Waals surface area contributed by atoms with Gasteiger partial charge >= 0.3 is 12.1 Å². The van der Waals surface area contributed by atoms with E-state index in [4.69, 9.17) is 4.74 Å². The molecule has 1 fully saturated rings. The van der Waals surface area contributed by atoms with Crippen molar-refractivity contribution in [3.63, 3.8) is 0 Å². The molecule has 34 heavy (non-hydrogen) atoms. The number of fused-ring (bicyclic) bond motifs is 3. The zero-order valence-electron chi connectivity index (χ0n) is 19.9. The smallest absolute Gasteiger partial charge is 0.407 e. The largest absolute Gasteiger partial charge is 0.480 e. The fraction of sp³-hybridized carbons (Fsp3) is 0.444. The molecule has 0 radical (unpaired) electrons. The molecular formula is C27H32N2O5. The Morgan fingerprint density at radius 1 is 0.971 bits per heavy atom. The van der Waals surface area contributed by atoms with Crippen molar-refractivity contribution >= 4 is 18.0 Å². The second kappa shape index (κ2) is 9.12. The molecule has 1 unspecified atom stereocenters. The number of carboxylic acid groups (broad SMARTS) is 1. The van der Waals surface area contributed by atoms with Crippen LogP contribution in [-0.4, -0.2) is 41.8 Å². The third kappa shape index (κ3) is 4.65. The first kappa shape index (κ1) is 23.8. The summed E-state index contributed by atoms with van der Waals surface area (Å²) in [5, 5.41) is 15.1. The summed E-state index contributed by atoms with van der Waals surface area (Å²) in [5.41, 5.74) is 2.52. The van der Waals surface area contributed by atoms with Crippen LogP contribution in [0.3, 0.4) is 0 Å². The van der Waals surface area contributed by atoms with Gasteiger partial charge in [-0.25, -0.2) is 9.59 Å². The van der Waals surface area contributed by atoms with E-state index in [0.717, 1.165) is 24.0 Å². The van der Waals surface area contributed by atoms with Crippen molar-refractivity contribution in [2.24, 2.45) is 11.3 Å². The second-order valence-electron chi connectivity index (χ2n) is 10.1. The summed E-state index contributed by atoms with van der Waals surface area (Å²) in [7, 11) is 0. The number of carboxylic acids is 1. The van der Waals surface area contributed by atoms with Crippen molar-refractivity contribution in [3.8, 4) is 11.1 Å². The summed E-state index contributed by atoms with van der Waals surface area (Å²) < 4.78 is 5.54. The van der Waals surface area contributed by atoms with Gasteiger partial charge in [0.1, 0.15) is 12.1 Å². The third-order valence-electron chi connectivity index (χ3n) is 7.19. The molecule has 0 spiro atoms. The Labute approximate surface area is 199 Å². The first-order valence-corrected chi connectivity index (χ1v) is 11.8. The van der Waals surface area contributed by atoms with Crippen LogP contribution >= 0.6 is 0 Å². The molecule has 7 nitrogen and oxygen atoms in total. The number of nitrogens with one attached hydrogen (secondary N) is 2. The number of hydrogen-bond acceptors (Lipinski definition) is 4. The van der Waals surface area contributed by atoms with Crippen LogP contribution in [0.15, 0.2) is 48.5 Å². The van der Waals surface area contributed by atoms with E-state index in [2.05, 4.69) is 34.9 Å². The molecule has 2 aliphatic rings. The fourth-order valence-electron chi connectivity index (χ4n) is 4.64. The first-order chi connectivity index (χ1) is 16.1. The minimum atomic E-state index is -1.26. The number of amides is 2. The maximum absolute atomic E-state index is 12.8. The van der Waals surface area contributed by atoms with E-state index in [1.54, 1.807) is 20.8 Å². The molecule has 1 atom stereocenters. The molecule has 2 aromatic rings. The molecule has 180 valence electrons. The van der Waals surface area contributed by atoms with E-state index >= 15 is 0 Å². The third-order valence-corrected chi connectivity index (χ3v) is 7.19. The predicted molar refractivity (Wildman–Crippen MR) is 128 cm³/mol. The lowest BCUT2D eigenvalue weighted by Crippen LogP contribution is -2.57. The van der Waals surface area contributed by atoms with Gasteiger partial charge in [0.05, 0.1) is 0 Å². The number of alkyl carbamates (subject to hydrolysis) is 1. The van der Waals surface area contributed by atoms with Crippen molar-refractivity contribution in [3.05, 3.63) is 59.7 Å². The fourth-order valence-corrected chi connectivity index (χ4v) is 4.64. The number of benzene rings is 2. The minimum Gasteiger partial charge on any atom is -0.480 e. The van der Waals surface area contributed by atoms with Gasteiger partial charge in [0.15, 0.2) is 0 Å². The van der Waals surface area contributed by atoms with E-state index in [-0.39, 0.29) is 30.9 Å². The summed E-state index contributed by atoms with van der Waals surface area (Å²) in [5.74, 6) is -1.41. The van der Waals surface area contributed by atoms with Gasteiger partial charge in [0.25, 0.3) is 0 Å². The monoisotopic (exact) mass is 464 g/mol. The Bertz CT molecular complexity index is 1060. The Kier molecular flexibility index (Phi) is 6.39. The highest BCUT2D eigenvalue weighted by Crippen LogP contribution is 2.44. The van der Waals surface area contributed by atoms with Gasteiger partial charge in [-0.3, -0.25) is 4.79 Å². The Morgan fingerprint density at radius 3 is 2.06 bits per heavy atom. The summed E-state index contributed by atoms with van der Waals surface area (Å²) in [6.07, 6.45) is 1.41. The maximum atomic E-state index is 12.8. The molecule has 0 bridgehead atoms. The summed E-state index contributed by atoms with van der Waals surface area (Å²) in [4.78, 5) is 36.9. The van der Waals surface area contributed by atoms with Crippen molar-refractivity contribution in [2.75, 3.05) is 13.2 Å². The predicted octanol–water partition coefficient (Wildman–Crippen LogP) is 4.31. The molecule has 4 rings (SSSR count). The van der Waals surface area contributed by atoms with Crippen LogP contribution in [0.1, 0.15) is 57.1 Å². The van der Waals surface area contributed by atoms with Crippen LogP contribution < -0.4 is 10.6 Å². The van der Waals surface area contributed by atoms with E-state index in [1.165, 1.54) is 11.1 Å². The lowest BCUT2D eigenvalue weighted by Gasteiger charge is -2.32. The van der Waals surface area contributed by atoms with Gasteiger partial charge < -0.3 is 20.5 Å². The lowest BCUT2D eigenvalue weighted by molar-refractivity contribution is -0.149. The lowest BCUT2D eigenvalue weighted by atomic mass is 9.85. The average molecular weight is 465 g/mol. The molecule has 1 saturated carbocycles. The first-order valence-electron chi connectivity index (χ1n) is 11.8. The molecule has 0 heterocycles. The molecule has 2 aliphatic carbocycles.